The molecule has 4 nitrogen and oxygen atoms in total. The highest BCUT2D eigenvalue weighted by Gasteiger charge is 2.17. The molecular weight excluding hydrogens is 203 g/mol. The quantitative estimate of drug-likeness (QED) is 0.756. The van der Waals surface area contributed by atoms with E-state index in [-0.39, 0.29) is 16.7 Å². The Morgan fingerprint density at radius 1 is 1.33 bits per heavy atom. The lowest BCUT2D eigenvalue weighted by molar-refractivity contribution is 0.0599. The minimum absolute atomic E-state index is 0.0742. The first kappa shape index (κ1) is 11.2. The summed E-state index contributed by atoms with van der Waals surface area (Å²) in [4.78, 5) is 21.9. The molecule has 0 amide bonds. The summed E-state index contributed by atoms with van der Waals surface area (Å²) in [5.74, 6) is -2.81. The third kappa shape index (κ3) is 2.12. The summed E-state index contributed by atoms with van der Waals surface area (Å²) in [5, 5.41) is 8.75. The number of hydrogen-bond donors (Lipinski definition) is 1. The van der Waals surface area contributed by atoms with Crippen molar-refractivity contribution in [1.29, 1.82) is 0 Å². The number of carbonyl (C=O) groups is 2. The molecular formula is C10H9FO4. The molecule has 0 aliphatic heterocycles. The number of hydrogen-bond acceptors (Lipinski definition) is 3. The average Bonchev–Trinajstić information content (AvgIpc) is 2.19. The normalized spacial score (nSPS) is 9.80. The van der Waals surface area contributed by atoms with E-state index in [2.05, 4.69) is 4.74 Å². The highest BCUT2D eigenvalue weighted by atomic mass is 19.1. The van der Waals surface area contributed by atoms with Crippen molar-refractivity contribution in [1.82, 2.24) is 0 Å². The van der Waals surface area contributed by atoms with Crippen molar-refractivity contribution in [2.45, 2.75) is 6.92 Å². The van der Waals surface area contributed by atoms with Gasteiger partial charge in [0, 0.05) is 0 Å². The Morgan fingerprint density at radius 2 is 1.87 bits per heavy atom. The van der Waals surface area contributed by atoms with Crippen LogP contribution < -0.4 is 0 Å². The molecule has 15 heavy (non-hydrogen) atoms. The van der Waals surface area contributed by atoms with E-state index >= 15 is 0 Å². The third-order valence-corrected chi connectivity index (χ3v) is 2.01. The van der Waals surface area contributed by atoms with Gasteiger partial charge in [-0.1, -0.05) is 0 Å². The third-order valence-electron chi connectivity index (χ3n) is 2.01. The molecule has 1 aromatic rings. The summed E-state index contributed by atoms with van der Waals surface area (Å²) < 4.78 is 17.4. The van der Waals surface area contributed by atoms with Crippen LogP contribution >= 0.6 is 0 Å². The van der Waals surface area contributed by atoms with Gasteiger partial charge in [0.25, 0.3) is 0 Å². The molecule has 0 saturated heterocycles. The zero-order valence-corrected chi connectivity index (χ0v) is 8.20. The number of esters is 1. The van der Waals surface area contributed by atoms with Crippen molar-refractivity contribution < 1.29 is 23.8 Å². The molecule has 0 spiro atoms. The number of methoxy groups -OCH3 is 1. The molecule has 1 aromatic carbocycles. The van der Waals surface area contributed by atoms with E-state index in [4.69, 9.17) is 5.11 Å². The van der Waals surface area contributed by atoms with E-state index in [1.165, 1.54) is 6.92 Å². The van der Waals surface area contributed by atoms with E-state index < -0.39 is 17.8 Å². The molecule has 0 aliphatic carbocycles. The van der Waals surface area contributed by atoms with E-state index in [0.29, 0.717) is 0 Å². The maximum Gasteiger partial charge on any atom is 0.338 e. The summed E-state index contributed by atoms with van der Waals surface area (Å²) in [5.41, 5.74) is -0.124. The van der Waals surface area contributed by atoms with Gasteiger partial charge in [-0.2, -0.15) is 0 Å². The second kappa shape index (κ2) is 4.08. The van der Waals surface area contributed by atoms with Crippen molar-refractivity contribution in [3.63, 3.8) is 0 Å². The van der Waals surface area contributed by atoms with Gasteiger partial charge in [-0.15, -0.1) is 0 Å². The van der Waals surface area contributed by atoms with Crippen molar-refractivity contribution in [2.75, 3.05) is 7.11 Å². The number of benzene rings is 1. The number of carbonyl (C=O) groups excluding carboxylic acids is 1. The van der Waals surface area contributed by atoms with Crippen molar-refractivity contribution in [2.24, 2.45) is 0 Å². The predicted molar refractivity (Wildman–Crippen MR) is 49.4 cm³/mol. The fraction of sp³-hybridized carbons (Fsp3) is 0.200. The number of carboxylic acid groups (broad SMARTS) is 1. The molecule has 0 unspecified atom stereocenters. The van der Waals surface area contributed by atoms with Crippen molar-refractivity contribution in [3.05, 3.63) is 34.6 Å². The molecule has 0 aromatic heterocycles. The van der Waals surface area contributed by atoms with Gasteiger partial charge in [0.2, 0.25) is 0 Å². The lowest BCUT2D eigenvalue weighted by Gasteiger charge is -2.06. The fourth-order valence-electron chi connectivity index (χ4n) is 1.22. The van der Waals surface area contributed by atoms with Crippen LogP contribution in [0.15, 0.2) is 12.1 Å². The molecule has 0 radical (unpaired) electrons. The lowest BCUT2D eigenvalue weighted by atomic mass is 10.0. The second-order valence-electron chi connectivity index (χ2n) is 2.92. The van der Waals surface area contributed by atoms with E-state index in [9.17, 15) is 14.0 Å². The number of halogens is 1. The second-order valence-corrected chi connectivity index (χ2v) is 2.92. The SMILES string of the molecule is COC(=O)c1cc(F)cc(C(=O)O)c1C. The number of rotatable bonds is 2. The number of ether oxygens (including phenoxy) is 1. The molecule has 0 saturated carbocycles. The largest absolute Gasteiger partial charge is 0.478 e. The van der Waals surface area contributed by atoms with Gasteiger partial charge in [0.05, 0.1) is 18.2 Å². The van der Waals surface area contributed by atoms with Crippen LogP contribution in [-0.4, -0.2) is 24.2 Å². The van der Waals surface area contributed by atoms with Gasteiger partial charge in [-0.05, 0) is 24.6 Å². The maximum atomic E-state index is 13.0. The molecule has 0 aliphatic rings. The Bertz CT molecular complexity index is 426. The predicted octanol–water partition coefficient (Wildman–Crippen LogP) is 1.62. The van der Waals surface area contributed by atoms with Gasteiger partial charge in [-0.25, -0.2) is 14.0 Å². The zero-order chi connectivity index (χ0) is 11.6. The van der Waals surface area contributed by atoms with Crippen LogP contribution in [0.3, 0.4) is 0 Å². The van der Waals surface area contributed by atoms with Crippen LogP contribution in [0.5, 0.6) is 0 Å². The summed E-state index contributed by atoms with van der Waals surface area (Å²) in [6.45, 7) is 1.43. The molecule has 0 fully saturated rings. The van der Waals surface area contributed by atoms with Gasteiger partial charge in [0.15, 0.2) is 0 Å². The molecule has 5 heteroatoms. The minimum Gasteiger partial charge on any atom is -0.478 e. The number of aromatic carboxylic acids is 1. The van der Waals surface area contributed by atoms with Crippen LogP contribution in [0.4, 0.5) is 4.39 Å². The van der Waals surface area contributed by atoms with Crippen LogP contribution in [0.2, 0.25) is 0 Å². The first-order valence-corrected chi connectivity index (χ1v) is 4.09. The summed E-state index contributed by atoms with van der Waals surface area (Å²) in [7, 11) is 1.15. The van der Waals surface area contributed by atoms with Crippen LogP contribution in [0.1, 0.15) is 26.3 Å². The van der Waals surface area contributed by atoms with Crippen LogP contribution in [-0.2, 0) is 4.74 Å². The highest BCUT2D eigenvalue weighted by Crippen LogP contribution is 2.17. The molecule has 0 heterocycles. The Morgan fingerprint density at radius 3 is 2.33 bits per heavy atom. The van der Waals surface area contributed by atoms with Gasteiger partial charge in [-0.3, -0.25) is 0 Å². The van der Waals surface area contributed by atoms with Gasteiger partial charge in [0.1, 0.15) is 5.82 Å². The van der Waals surface area contributed by atoms with E-state index in [1.807, 2.05) is 0 Å². The highest BCUT2D eigenvalue weighted by molar-refractivity contribution is 5.97. The summed E-state index contributed by atoms with van der Waals surface area (Å²) in [6, 6.07) is 1.82. The standard InChI is InChI=1S/C10H9FO4/c1-5-7(9(12)13)3-6(11)4-8(5)10(14)15-2/h3-4H,1-2H3,(H,12,13). The van der Waals surface area contributed by atoms with Crippen LogP contribution in [0.25, 0.3) is 0 Å². The molecule has 1 N–H and O–H groups in total. The van der Waals surface area contributed by atoms with Gasteiger partial charge >= 0.3 is 11.9 Å². The maximum absolute atomic E-state index is 13.0. The van der Waals surface area contributed by atoms with Crippen molar-refractivity contribution in [3.8, 4) is 0 Å². The Labute approximate surface area is 85.3 Å². The Kier molecular flexibility index (Phi) is 3.04. The monoisotopic (exact) mass is 212 g/mol. The molecule has 1 rings (SSSR count). The average molecular weight is 212 g/mol. The van der Waals surface area contributed by atoms with E-state index in [0.717, 1.165) is 19.2 Å². The van der Waals surface area contributed by atoms with Crippen LogP contribution in [0, 0.1) is 12.7 Å². The fourth-order valence-corrected chi connectivity index (χ4v) is 1.22. The molecule has 0 atom stereocenters. The van der Waals surface area contributed by atoms with Crippen molar-refractivity contribution >= 4 is 11.9 Å². The summed E-state index contributed by atoms with van der Waals surface area (Å²) in [6.07, 6.45) is 0. The van der Waals surface area contributed by atoms with E-state index in [1.54, 1.807) is 0 Å². The molecule has 80 valence electrons. The number of carboxylic acids is 1. The topological polar surface area (TPSA) is 63.6 Å². The Balaban J connectivity index is 3.41. The van der Waals surface area contributed by atoms with Gasteiger partial charge < -0.3 is 9.84 Å². The summed E-state index contributed by atoms with van der Waals surface area (Å²) >= 11 is 0. The zero-order valence-electron chi connectivity index (χ0n) is 8.20. The minimum atomic E-state index is -1.28. The molecule has 0 bridgehead atoms. The lowest BCUT2D eigenvalue weighted by Crippen LogP contribution is -2.09. The first-order chi connectivity index (χ1) is 6.97. The smallest absolute Gasteiger partial charge is 0.338 e. The Hall–Kier alpha value is -1.91. The first-order valence-electron chi connectivity index (χ1n) is 4.09.